The van der Waals surface area contributed by atoms with E-state index in [-0.39, 0.29) is 12.2 Å². The van der Waals surface area contributed by atoms with E-state index in [1.807, 2.05) is 34.0 Å². The summed E-state index contributed by atoms with van der Waals surface area (Å²) in [6.45, 7) is 10.2. The van der Waals surface area contributed by atoms with E-state index in [1.165, 1.54) is 11.3 Å². The molecule has 0 spiro atoms. The summed E-state index contributed by atoms with van der Waals surface area (Å²) in [7, 11) is 5.59. The number of nitrogens with zero attached hydrogens (tertiary/aromatic N) is 4. The summed E-state index contributed by atoms with van der Waals surface area (Å²) in [6.07, 6.45) is 1.91. The van der Waals surface area contributed by atoms with Crippen LogP contribution in [0.5, 0.6) is 11.5 Å². The van der Waals surface area contributed by atoms with Crippen LogP contribution in [0.1, 0.15) is 49.3 Å². The normalized spacial score (nSPS) is 14.7. The number of esters is 1. The van der Waals surface area contributed by atoms with Gasteiger partial charge in [-0.05, 0) is 94.3 Å². The molecule has 236 valence electrons. The number of carbonyl (C=O) groups excluding carboxylic acids is 1. The molecular weight excluding hydrogens is 656 g/mol. The minimum Gasteiger partial charge on any atom is -0.493 e. The number of fused-ring (bicyclic) bond motifs is 1. The summed E-state index contributed by atoms with van der Waals surface area (Å²) in [6, 6.07) is 13.2. The number of carbonyl (C=O) groups is 1. The molecule has 0 unspecified atom stereocenters. The van der Waals surface area contributed by atoms with Crippen LogP contribution in [0.2, 0.25) is 0 Å². The first-order valence-corrected chi connectivity index (χ1v) is 16.3. The number of thiazole rings is 1. The molecular formula is C34H37BrN4O5S. The van der Waals surface area contributed by atoms with E-state index < -0.39 is 12.0 Å². The molecule has 2 aromatic carbocycles. The molecule has 2 aromatic heterocycles. The van der Waals surface area contributed by atoms with E-state index in [2.05, 4.69) is 62.7 Å². The van der Waals surface area contributed by atoms with Crippen molar-refractivity contribution in [2.24, 2.45) is 4.99 Å². The van der Waals surface area contributed by atoms with Gasteiger partial charge in [0.2, 0.25) is 0 Å². The van der Waals surface area contributed by atoms with Crippen molar-refractivity contribution >= 4 is 45.0 Å². The molecule has 45 heavy (non-hydrogen) atoms. The molecule has 11 heteroatoms. The zero-order valence-corrected chi connectivity index (χ0v) is 29.1. The predicted molar refractivity (Wildman–Crippen MR) is 182 cm³/mol. The first kappa shape index (κ1) is 32.3. The quantitative estimate of drug-likeness (QED) is 0.217. The highest BCUT2D eigenvalue weighted by atomic mass is 79.9. The van der Waals surface area contributed by atoms with Crippen LogP contribution < -0.4 is 29.3 Å². The fourth-order valence-corrected chi connectivity index (χ4v) is 7.22. The van der Waals surface area contributed by atoms with E-state index >= 15 is 0 Å². The number of halogens is 1. The smallest absolute Gasteiger partial charge is 0.338 e. The van der Waals surface area contributed by atoms with Crippen LogP contribution in [0.3, 0.4) is 0 Å². The van der Waals surface area contributed by atoms with Gasteiger partial charge < -0.3 is 23.7 Å². The van der Waals surface area contributed by atoms with Gasteiger partial charge in [0, 0.05) is 41.3 Å². The standard InChI is InChI=1S/C34H37BrN4O5S/c1-9-43-28-18-26(35)25(17-27(28)42-8)31-30(33(41)44-10-2)20(4)36-34-39(31)32(40)29(45-34)16-22-15-19(3)38(21(22)5)24-13-11-23(12-14-24)37(6)7/h11-18,31H,9-10H2,1-8H3/b29-16-/t31-/m1/s1. The molecule has 0 N–H and O–H groups in total. The zero-order valence-electron chi connectivity index (χ0n) is 26.7. The highest BCUT2D eigenvalue weighted by molar-refractivity contribution is 9.10. The average Bonchev–Trinajstić information content (AvgIpc) is 3.46. The van der Waals surface area contributed by atoms with Crippen molar-refractivity contribution < 1.29 is 19.0 Å². The van der Waals surface area contributed by atoms with Crippen molar-refractivity contribution in [3.8, 4) is 17.2 Å². The summed E-state index contributed by atoms with van der Waals surface area (Å²) in [4.78, 5) is 34.9. The van der Waals surface area contributed by atoms with Gasteiger partial charge in [0.05, 0.1) is 42.2 Å². The SMILES string of the molecule is CCOC(=O)C1=C(C)N=c2s/c(=C\c3cc(C)n(-c4ccc(N(C)C)cc4)c3C)c(=O)n2[C@@H]1c1cc(OC)c(OCC)cc1Br. The molecule has 9 nitrogen and oxygen atoms in total. The Kier molecular flexibility index (Phi) is 9.41. The van der Waals surface area contributed by atoms with Crippen molar-refractivity contribution in [3.63, 3.8) is 0 Å². The molecule has 4 aromatic rings. The second-order valence-electron chi connectivity index (χ2n) is 10.8. The Morgan fingerprint density at radius 2 is 1.78 bits per heavy atom. The Bertz CT molecular complexity index is 1990. The Labute approximate surface area is 274 Å². The fraction of sp³-hybridized carbons (Fsp3) is 0.324. The third-order valence-corrected chi connectivity index (χ3v) is 9.45. The zero-order chi connectivity index (χ0) is 32.6. The van der Waals surface area contributed by atoms with Crippen LogP contribution in [-0.2, 0) is 9.53 Å². The maximum atomic E-state index is 14.3. The Morgan fingerprint density at radius 1 is 1.07 bits per heavy atom. The molecule has 0 fully saturated rings. The van der Waals surface area contributed by atoms with Gasteiger partial charge in [-0.3, -0.25) is 9.36 Å². The third kappa shape index (κ3) is 5.98. The number of aryl methyl sites for hydroxylation is 1. The topological polar surface area (TPSA) is 87.3 Å². The summed E-state index contributed by atoms with van der Waals surface area (Å²) in [5.74, 6) is 0.510. The van der Waals surface area contributed by atoms with Crippen molar-refractivity contribution in [2.45, 2.75) is 40.7 Å². The molecule has 0 saturated carbocycles. The maximum absolute atomic E-state index is 14.3. The first-order valence-electron chi connectivity index (χ1n) is 14.7. The first-order chi connectivity index (χ1) is 21.5. The molecule has 3 heterocycles. The van der Waals surface area contributed by atoms with E-state index in [1.54, 1.807) is 37.7 Å². The molecule has 0 radical (unpaired) electrons. The van der Waals surface area contributed by atoms with Gasteiger partial charge in [-0.15, -0.1) is 0 Å². The van der Waals surface area contributed by atoms with Crippen LogP contribution >= 0.6 is 27.3 Å². The highest BCUT2D eigenvalue weighted by Gasteiger charge is 2.35. The second kappa shape index (κ2) is 13.1. The summed E-state index contributed by atoms with van der Waals surface area (Å²) >= 11 is 4.97. The molecule has 0 aliphatic carbocycles. The van der Waals surface area contributed by atoms with Gasteiger partial charge in [0.1, 0.15) is 0 Å². The van der Waals surface area contributed by atoms with Crippen molar-refractivity contribution in [1.82, 2.24) is 9.13 Å². The Morgan fingerprint density at radius 3 is 2.40 bits per heavy atom. The van der Waals surface area contributed by atoms with Crippen LogP contribution in [0.25, 0.3) is 11.8 Å². The lowest BCUT2D eigenvalue weighted by Gasteiger charge is -2.26. The van der Waals surface area contributed by atoms with E-state index in [4.69, 9.17) is 19.2 Å². The van der Waals surface area contributed by atoms with Gasteiger partial charge in [-0.2, -0.15) is 0 Å². The molecule has 0 amide bonds. The molecule has 1 aliphatic heterocycles. The lowest BCUT2D eigenvalue weighted by Crippen LogP contribution is -2.40. The lowest BCUT2D eigenvalue weighted by molar-refractivity contribution is -0.139. The van der Waals surface area contributed by atoms with E-state index in [9.17, 15) is 9.59 Å². The van der Waals surface area contributed by atoms with Crippen molar-refractivity contribution in [1.29, 1.82) is 0 Å². The van der Waals surface area contributed by atoms with Crippen molar-refractivity contribution in [2.75, 3.05) is 39.3 Å². The fourth-order valence-electron chi connectivity index (χ4n) is 5.65. The minimum atomic E-state index is -0.802. The highest BCUT2D eigenvalue weighted by Crippen LogP contribution is 2.41. The van der Waals surface area contributed by atoms with Gasteiger partial charge >= 0.3 is 5.97 Å². The van der Waals surface area contributed by atoms with Gasteiger partial charge in [-0.25, -0.2) is 9.79 Å². The van der Waals surface area contributed by atoms with Gasteiger partial charge in [0.25, 0.3) is 5.56 Å². The largest absolute Gasteiger partial charge is 0.493 e. The third-order valence-electron chi connectivity index (χ3n) is 7.78. The number of rotatable bonds is 9. The number of anilines is 1. The van der Waals surface area contributed by atoms with Crippen LogP contribution in [-0.4, -0.2) is 49.5 Å². The summed E-state index contributed by atoms with van der Waals surface area (Å²) in [5.41, 5.74) is 6.33. The number of aromatic nitrogens is 2. The van der Waals surface area contributed by atoms with E-state index in [0.717, 1.165) is 28.3 Å². The molecule has 1 atom stereocenters. The van der Waals surface area contributed by atoms with Crippen LogP contribution in [0.15, 0.2) is 68.0 Å². The Balaban J connectivity index is 1.69. The summed E-state index contributed by atoms with van der Waals surface area (Å²) < 4.78 is 21.8. The summed E-state index contributed by atoms with van der Waals surface area (Å²) in [5, 5.41) is 0. The van der Waals surface area contributed by atoms with Gasteiger partial charge in [-0.1, -0.05) is 27.3 Å². The van der Waals surface area contributed by atoms with E-state index in [0.29, 0.717) is 48.7 Å². The minimum absolute atomic E-state index is 0.189. The molecule has 5 rings (SSSR count). The number of allylic oxidation sites excluding steroid dienone is 1. The number of methoxy groups -OCH3 is 1. The molecule has 0 bridgehead atoms. The number of ether oxygens (including phenoxy) is 3. The number of hydrogen-bond acceptors (Lipinski definition) is 8. The monoisotopic (exact) mass is 692 g/mol. The lowest BCUT2D eigenvalue weighted by atomic mass is 9.95. The van der Waals surface area contributed by atoms with Crippen LogP contribution in [0, 0.1) is 13.8 Å². The Hall–Kier alpha value is -4.09. The van der Waals surface area contributed by atoms with Crippen LogP contribution in [0.4, 0.5) is 5.69 Å². The predicted octanol–water partition coefficient (Wildman–Crippen LogP) is 5.44. The number of hydrogen-bond donors (Lipinski definition) is 0. The van der Waals surface area contributed by atoms with Gasteiger partial charge in [0.15, 0.2) is 16.3 Å². The second-order valence-corrected chi connectivity index (χ2v) is 12.7. The molecule has 1 aliphatic rings. The maximum Gasteiger partial charge on any atom is 0.338 e. The molecule has 0 saturated heterocycles. The van der Waals surface area contributed by atoms with Crippen molar-refractivity contribution in [3.05, 3.63) is 100 Å². The average molecular weight is 694 g/mol. The number of benzene rings is 2.